The van der Waals surface area contributed by atoms with E-state index in [1.54, 1.807) is 12.0 Å². The number of anilines is 1. The Morgan fingerprint density at radius 1 is 1.15 bits per heavy atom. The number of furan rings is 1. The number of aryl methyl sites for hydroxylation is 3. The quantitative estimate of drug-likeness (QED) is 0.829. The van der Waals surface area contributed by atoms with Gasteiger partial charge in [-0.3, -0.25) is 0 Å². The fourth-order valence-electron chi connectivity index (χ4n) is 4.37. The standard InChI is InChI=1S/C22H28N2O3/c1-15-9-10-18(27-15)14-24(11-12-26-2)22(25)23-21-19-7-3-5-16(19)13-17-6-4-8-20(17)21/h9-10,13H,3-8,11-12,14H2,1-2H3,(H,23,25). The number of rotatable bonds is 6. The van der Waals surface area contributed by atoms with Gasteiger partial charge in [0.15, 0.2) is 0 Å². The molecule has 1 aromatic carbocycles. The lowest BCUT2D eigenvalue weighted by atomic mass is 9.99. The zero-order valence-electron chi connectivity index (χ0n) is 16.3. The Morgan fingerprint density at radius 3 is 2.44 bits per heavy atom. The molecule has 2 aliphatic rings. The van der Waals surface area contributed by atoms with Gasteiger partial charge in [0.25, 0.3) is 0 Å². The maximum atomic E-state index is 13.1. The Labute approximate surface area is 160 Å². The number of carbonyl (C=O) groups excluding carboxylic acids is 1. The first-order valence-corrected chi connectivity index (χ1v) is 9.92. The maximum Gasteiger partial charge on any atom is 0.322 e. The van der Waals surface area contributed by atoms with Crippen molar-refractivity contribution in [3.8, 4) is 0 Å². The van der Waals surface area contributed by atoms with Crippen molar-refractivity contribution in [2.24, 2.45) is 0 Å². The zero-order valence-corrected chi connectivity index (χ0v) is 16.3. The minimum Gasteiger partial charge on any atom is -0.464 e. The van der Waals surface area contributed by atoms with Crippen molar-refractivity contribution in [2.45, 2.75) is 52.0 Å². The van der Waals surface area contributed by atoms with E-state index in [1.807, 2.05) is 19.1 Å². The molecule has 4 rings (SSSR count). The molecule has 144 valence electrons. The number of amides is 2. The van der Waals surface area contributed by atoms with Gasteiger partial charge in [-0.15, -0.1) is 0 Å². The minimum atomic E-state index is -0.0736. The minimum absolute atomic E-state index is 0.0736. The SMILES string of the molecule is COCCN(Cc1ccc(C)o1)C(=O)Nc1c2c(cc3c1CCC3)CCC2. The molecule has 2 aliphatic carbocycles. The van der Waals surface area contributed by atoms with Crippen molar-refractivity contribution < 1.29 is 13.9 Å². The fourth-order valence-corrected chi connectivity index (χ4v) is 4.37. The van der Waals surface area contributed by atoms with E-state index in [2.05, 4.69) is 11.4 Å². The van der Waals surface area contributed by atoms with Crippen molar-refractivity contribution in [3.63, 3.8) is 0 Å². The van der Waals surface area contributed by atoms with Crippen molar-refractivity contribution >= 4 is 11.7 Å². The first-order chi connectivity index (χ1) is 13.2. The van der Waals surface area contributed by atoms with Crippen LogP contribution in [0.1, 0.15) is 46.6 Å². The predicted octanol–water partition coefficient (Wildman–Crippen LogP) is 4.25. The average molecular weight is 368 g/mol. The third kappa shape index (κ3) is 3.74. The molecule has 2 amide bonds. The van der Waals surface area contributed by atoms with Crippen LogP contribution in [0, 0.1) is 6.92 Å². The van der Waals surface area contributed by atoms with Crippen LogP contribution in [-0.4, -0.2) is 31.2 Å². The summed E-state index contributed by atoms with van der Waals surface area (Å²) in [7, 11) is 1.66. The van der Waals surface area contributed by atoms with E-state index in [9.17, 15) is 4.79 Å². The number of hydrogen-bond donors (Lipinski definition) is 1. The Morgan fingerprint density at radius 2 is 1.85 bits per heavy atom. The molecule has 0 saturated carbocycles. The summed E-state index contributed by atoms with van der Waals surface area (Å²) in [6.07, 6.45) is 6.75. The zero-order chi connectivity index (χ0) is 18.8. The largest absolute Gasteiger partial charge is 0.464 e. The highest BCUT2D eigenvalue weighted by molar-refractivity contribution is 5.92. The molecular formula is C22H28N2O3. The lowest BCUT2D eigenvalue weighted by molar-refractivity contribution is 0.149. The van der Waals surface area contributed by atoms with Crippen LogP contribution in [0.15, 0.2) is 22.6 Å². The van der Waals surface area contributed by atoms with E-state index in [4.69, 9.17) is 9.15 Å². The van der Waals surface area contributed by atoms with E-state index >= 15 is 0 Å². The highest BCUT2D eigenvalue weighted by atomic mass is 16.5. The van der Waals surface area contributed by atoms with Gasteiger partial charge >= 0.3 is 6.03 Å². The van der Waals surface area contributed by atoms with Gasteiger partial charge in [0.05, 0.1) is 13.2 Å². The molecule has 0 bridgehead atoms. The molecule has 0 atom stereocenters. The molecule has 1 N–H and O–H groups in total. The van der Waals surface area contributed by atoms with Crippen LogP contribution < -0.4 is 5.32 Å². The number of urea groups is 1. The topological polar surface area (TPSA) is 54.7 Å². The van der Waals surface area contributed by atoms with Crippen LogP contribution in [0.4, 0.5) is 10.5 Å². The summed E-state index contributed by atoms with van der Waals surface area (Å²) in [4.78, 5) is 14.9. The number of nitrogens with zero attached hydrogens (tertiary/aromatic N) is 1. The third-order valence-electron chi connectivity index (χ3n) is 5.70. The Kier molecular flexibility index (Phi) is 5.21. The predicted molar refractivity (Wildman–Crippen MR) is 105 cm³/mol. The molecule has 0 unspecified atom stereocenters. The lowest BCUT2D eigenvalue weighted by Gasteiger charge is -2.24. The van der Waals surface area contributed by atoms with Gasteiger partial charge in [-0.05, 0) is 79.8 Å². The summed E-state index contributed by atoms with van der Waals surface area (Å²) in [6.45, 7) is 3.39. The van der Waals surface area contributed by atoms with Crippen LogP contribution in [-0.2, 0) is 37.0 Å². The summed E-state index contributed by atoms with van der Waals surface area (Å²) >= 11 is 0. The Balaban J connectivity index is 1.57. The molecular weight excluding hydrogens is 340 g/mol. The fraction of sp³-hybridized carbons (Fsp3) is 0.500. The van der Waals surface area contributed by atoms with Gasteiger partial charge < -0.3 is 19.4 Å². The van der Waals surface area contributed by atoms with Crippen LogP contribution in [0.3, 0.4) is 0 Å². The molecule has 27 heavy (non-hydrogen) atoms. The molecule has 5 heteroatoms. The number of ether oxygens (including phenoxy) is 1. The second-order valence-electron chi connectivity index (χ2n) is 7.59. The Bertz CT molecular complexity index is 808. The van der Waals surface area contributed by atoms with Crippen molar-refractivity contribution in [2.75, 3.05) is 25.6 Å². The highest BCUT2D eigenvalue weighted by Crippen LogP contribution is 2.38. The van der Waals surface area contributed by atoms with Gasteiger partial charge in [0, 0.05) is 19.3 Å². The van der Waals surface area contributed by atoms with Gasteiger partial charge in [0.1, 0.15) is 11.5 Å². The summed E-state index contributed by atoms with van der Waals surface area (Å²) in [5.74, 6) is 1.65. The summed E-state index contributed by atoms with van der Waals surface area (Å²) in [5, 5.41) is 3.27. The monoisotopic (exact) mass is 368 g/mol. The molecule has 1 aromatic heterocycles. The second-order valence-corrected chi connectivity index (χ2v) is 7.59. The molecule has 0 radical (unpaired) electrons. The van der Waals surface area contributed by atoms with Crippen LogP contribution in [0.2, 0.25) is 0 Å². The molecule has 0 saturated heterocycles. The average Bonchev–Trinajstić information content (AvgIpc) is 3.38. The summed E-state index contributed by atoms with van der Waals surface area (Å²) in [5.41, 5.74) is 6.64. The molecule has 0 aliphatic heterocycles. The number of carbonyl (C=O) groups is 1. The molecule has 0 fully saturated rings. The number of fused-ring (bicyclic) bond motifs is 2. The van der Waals surface area contributed by atoms with Gasteiger partial charge in [-0.25, -0.2) is 4.79 Å². The Hall–Kier alpha value is -2.27. The number of benzene rings is 1. The van der Waals surface area contributed by atoms with Crippen LogP contribution >= 0.6 is 0 Å². The maximum absolute atomic E-state index is 13.1. The molecule has 2 aromatic rings. The van der Waals surface area contributed by atoms with Crippen molar-refractivity contribution in [1.29, 1.82) is 0 Å². The second kappa shape index (κ2) is 7.77. The van der Waals surface area contributed by atoms with Gasteiger partial charge in [0.2, 0.25) is 0 Å². The highest BCUT2D eigenvalue weighted by Gasteiger charge is 2.26. The van der Waals surface area contributed by atoms with E-state index in [1.165, 1.54) is 35.1 Å². The third-order valence-corrected chi connectivity index (χ3v) is 5.70. The summed E-state index contributed by atoms with van der Waals surface area (Å²) in [6, 6.07) is 6.17. The first kappa shape index (κ1) is 18.1. The van der Waals surface area contributed by atoms with Crippen LogP contribution in [0.25, 0.3) is 0 Å². The molecule has 5 nitrogen and oxygen atoms in total. The van der Waals surface area contributed by atoms with E-state index in [0.29, 0.717) is 19.7 Å². The van der Waals surface area contributed by atoms with Crippen molar-refractivity contribution in [3.05, 3.63) is 52.0 Å². The van der Waals surface area contributed by atoms with E-state index in [-0.39, 0.29) is 6.03 Å². The number of hydrogen-bond acceptors (Lipinski definition) is 3. The van der Waals surface area contributed by atoms with Gasteiger partial charge in [-0.1, -0.05) is 6.07 Å². The van der Waals surface area contributed by atoms with Gasteiger partial charge in [-0.2, -0.15) is 0 Å². The smallest absolute Gasteiger partial charge is 0.322 e. The normalized spacial score (nSPS) is 14.9. The molecule has 0 spiro atoms. The lowest BCUT2D eigenvalue weighted by Crippen LogP contribution is -2.37. The van der Waals surface area contributed by atoms with E-state index < -0.39 is 0 Å². The number of methoxy groups -OCH3 is 1. The summed E-state index contributed by atoms with van der Waals surface area (Å²) < 4.78 is 10.9. The first-order valence-electron chi connectivity index (χ1n) is 9.92. The van der Waals surface area contributed by atoms with Crippen LogP contribution in [0.5, 0.6) is 0 Å². The molecule has 1 heterocycles. The number of nitrogens with one attached hydrogen (secondary N) is 1. The van der Waals surface area contributed by atoms with E-state index in [0.717, 1.165) is 42.9 Å². The van der Waals surface area contributed by atoms with Crippen molar-refractivity contribution in [1.82, 2.24) is 4.90 Å².